The highest BCUT2D eigenvalue weighted by molar-refractivity contribution is 5.97. The normalized spacial score (nSPS) is 14.2. The van der Waals surface area contributed by atoms with Crippen molar-refractivity contribution in [3.8, 4) is 0 Å². The van der Waals surface area contributed by atoms with Crippen LogP contribution in [-0.4, -0.2) is 57.9 Å². The molecule has 0 aliphatic carbocycles. The lowest BCUT2D eigenvalue weighted by atomic mass is 10.1. The van der Waals surface area contributed by atoms with Crippen LogP contribution < -0.4 is 5.32 Å². The third-order valence-electron chi connectivity index (χ3n) is 4.60. The molecular formula is C20H19N5O2. The molecule has 0 radical (unpaired) electrons. The Hall–Kier alpha value is -3.48. The summed E-state index contributed by atoms with van der Waals surface area (Å²) in [6.07, 6.45) is 4.87. The molecule has 3 amide bonds. The van der Waals surface area contributed by atoms with E-state index in [9.17, 15) is 9.59 Å². The molecule has 1 aromatic carbocycles. The lowest BCUT2D eigenvalue weighted by Crippen LogP contribution is -2.51. The Bertz CT molecular complexity index is 968. The zero-order valence-corrected chi connectivity index (χ0v) is 14.7. The average molecular weight is 361 g/mol. The minimum absolute atomic E-state index is 0.0550. The first-order valence-electron chi connectivity index (χ1n) is 8.81. The highest BCUT2D eigenvalue weighted by atomic mass is 16.2. The fourth-order valence-electron chi connectivity index (χ4n) is 3.12. The molecule has 27 heavy (non-hydrogen) atoms. The molecule has 1 saturated heterocycles. The Morgan fingerprint density at radius 1 is 0.926 bits per heavy atom. The van der Waals surface area contributed by atoms with E-state index in [0.29, 0.717) is 37.4 Å². The quantitative estimate of drug-likeness (QED) is 0.761. The van der Waals surface area contributed by atoms with Crippen molar-refractivity contribution in [3.63, 3.8) is 0 Å². The molecule has 0 bridgehead atoms. The van der Waals surface area contributed by atoms with Crippen LogP contribution in [0.2, 0.25) is 0 Å². The Kier molecular flexibility index (Phi) is 4.65. The molecule has 1 aliphatic heterocycles. The first-order chi connectivity index (χ1) is 13.2. The zero-order valence-electron chi connectivity index (χ0n) is 14.7. The minimum Gasteiger partial charge on any atom is -0.335 e. The van der Waals surface area contributed by atoms with E-state index in [-0.39, 0.29) is 11.9 Å². The largest absolute Gasteiger partial charge is 0.335 e. The molecule has 136 valence electrons. The summed E-state index contributed by atoms with van der Waals surface area (Å²) in [5, 5.41) is 3.76. The van der Waals surface area contributed by atoms with Crippen molar-refractivity contribution < 1.29 is 9.59 Å². The number of carbonyl (C=O) groups excluding carboxylic acids is 2. The maximum atomic E-state index is 12.8. The maximum absolute atomic E-state index is 12.8. The molecule has 1 fully saturated rings. The van der Waals surface area contributed by atoms with Gasteiger partial charge in [0.2, 0.25) is 0 Å². The summed E-state index contributed by atoms with van der Waals surface area (Å²) in [7, 11) is 0. The molecule has 3 heterocycles. The molecule has 0 saturated carbocycles. The Morgan fingerprint density at radius 2 is 1.70 bits per heavy atom. The highest BCUT2D eigenvalue weighted by Gasteiger charge is 2.25. The van der Waals surface area contributed by atoms with E-state index in [1.807, 2.05) is 30.3 Å². The van der Waals surface area contributed by atoms with Gasteiger partial charge in [-0.1, -0.05) is 18.2 Å². The molecular weight excluding hydrogens is 342 g/mol. The van der Waals surface area contributed by atoms with Gasteiger partial charge < -0.3 is 15.1 Å². The average Bonchev–Trinajstić information content (AvgIpc) is 2.73. The standard InChI is InChI=1S/C20H19N5O2/c26-19(16-12-15-4-1-2-6-18(15)22-13-16)24-8-10-25(11-9-24)20(27)23-17-5-3-7-21-14-17/h1-7,12-14H,8-11H2,(H,23,27). The summed E-state index contributed by atoms with van der Waals surface area (Å²) < 4.78 is 0. The predicted molar refractivity (Wildman–Crippen MR) is 102 cm³/mol. The van der Waals surface area contributed by atoms with E-state index < -0.39 is 0 Å². The second-order valence-corrected chi connectivity index (χ2v) is 6.37. The molecule has 0 spiro atoms. The number of nitrogens with zero attached hydrogens (tertiary/aromatic N) is 4. The van der Waals surface area contributed by atoms with Crippen molar-refractivity contribution in [2.24, 2.45) is 0 Å². The number of fused-ring (bicyclic) bond motifs is 1. The lowest BCUT2D eigenvalue weighted by Gasteiger charge is -2.34. The number of rotatable bonds is 2. The first-order valence-corrected chi connectivity index (χ1v) is 8.81. The molecule has 7 heteroatoms. The Morgan fingerprint density at radius 3 is 2.48 bits per heavy atom. The van der Waals surface area contributed by atoms with Crippen LogP contribution in [0.3, 0.4) is 0 Å². The lowest BCUT2D eigenvalue weighted by molar-refractivity contribution is 0.0671. The molecule has 0 unspecified atom stereocenters. The first kappa shape index (κ1) is 17.0. The van der Waals surface area contributed by atoms with Crippen molar-refractivity contribution in [2.75, 3.05) is 31.5 Å². The van der Waals surface area contributed by atoms with E-state index in [1.54, 1.807) is 40.5 Å². The second kappa shape index (κ2) is 7.41. The van der Waals surface area contributed by atoms with Gasteiger partial charge in [-0.2, -0.15) is 0 Å². The van der Waals surface area contributed by atoms with E-state index in [1.165, 1.54) is 0 Å². The summed E-state index contributed by atoms with van der Waals surface area (Å²) in [5.74, 6) is -0.0550. The van der Waals surface area contributed by atoms with Crippen molar-refractivity contribution in [2.45, 2.75) is 0 Å². The van der Waals surface area contributed by atoms with Crippen LogP contribution in [0.5, 0.6) is 0 Å². The van der Waals surface area contributed by atoms with E-state index in [4.69, 9.17) is 0 Å². The van der Waals surface area contributed by atoms with E-state index in [2.05, 4.69) is 15.3 Å². The molecule has 2 aromatic heterocycles. The van der Waals surface area contributed by atoms with Gasteiger partial charge >= 0.3 is 6.03 Å². The summed E-state index contributed by atoms with van der Waals surface area (Å²) in [6, 6.07) is 13.0. The van der Waals surface area contributed by atoms with Gasteiger partial charge in [-0.15, -0.1) is 0 Å². The molecule has 7 nitrogen and oxygen atoms in total. The van der Waals surface area contributed by atoms with Crippen LogP contribution in [0.25, 0.3) is 10.9 Å². The topological polar surface area (TPSA) is 78.4 Å². The van der Waals surface area contributed by atoms with Gasteiger partial charge in [0.25, 0.3) is 5.91 Å². The van der Waals surface area contributed by atoms with Crippen LogP contribution in [-0.2, 0) is 0 Å². The molecule has 1 aliphatic rings. The van der Waals surface area contributed by atoms with Crippen LogP contribution in [0.15, 0.2) is 61.1 Å². The van der Waals surface area contributed by atoms with Gasteiger partial charge in [0.15, 0.2) is 0 Å². The third-order valence-corrected chi connectivity index (χ3v) is 4.60. The fourth-order valence-corrected chi connectivity index (χ4v) is 3.12. The number of benzene rings is 1. The van der Waals surface area contributed by atoms with Crippen LogP contribution in [0.1, 0.15) is 10.4 Å². The SMILES string of the molecule is O=C(Nc1cccnc1)N1CCN(C(=O)c2cnc3ccccc3c2)CC1. The second-order valence-electron chi connectivity index (χ2n) is 6.37. The number of anilines is 1. The minimum atomic E-state index is -0.178. The van der Waals surface area contributed by atoms with Gasteiger partial charge in [0, 0.05) is 44.0 Å². The Labute approximate surface area is 156 Å². The molecule has 3 aromatic rings. The van der Waals surface area contributed by atoms with Gasteiger partial charge in [-0.05, 0) is 24.3 Å². The number of aromatic nitrogens is 2. The monoisotopic (exact) mass is 361 g/mol. The van der Waals surface area contributed by atoms with Gasteiger partial charge in [0.05, 0.1) is 23.0 Å². The van der Waals surface area contributed by atoms with E-state index >= 15 is 0 Å². The van der Waals surface area contributed by atoms with Crippen LogP contribution >= 0.6 is 0 Å². The molecule has 0 atom stereocenters. The summed E-state index contributed by atoms with van der Waals surface area (Å²) in [6.45, 7) is 1.95. The van der Waals surface area contributed by atoms with Crippen LogP contribution in [0.4, 0.5) is 10.5 Å². The number of nitrogens with one attached hydrogen (secondary N) is 1. The maximum Gasteiger partial charge on any atom is 0.322 e. The number of hydrogen-bond acceptors (Lipinski definition) is 4. The van der Waals surface area contributed by atoms with Crippen LogP contribution in [0, 0.1) is 0 Å². The van der Waals surface area contributed by atoms with E-state index in [0.717, 1.165) is 10.9 Å². The molecule has 4 rings (SSSR count). The smallest absolute Gasteiger partial charge is 0.322 e. The van der Waals surface area contributed by atoms with Crippen molar-refractivity contribution >= 4 is 28.5 Å². The van der Waals surface area contributed by atoms with Gasteiger partial charge in [-0.3, -0.25) is 14.8 Å². The number of carbonyl (C=O) groups is 2. The number of hydrogen-bond donors (Lipinski definition) is 1. The summed E-state index contributed by atoms with van der Waals surface area (Å²) in [4.78, 5) is 36.9. The van der Waals surface area contributed by atoms with Gasteiger partial charge in [-0.25, -0.2) is 4.79 Å². The van der Waals surface area contributed by atoms with Gasteiger partial charge in [0.1, 0.15) is 0 Å². The number of para-hydroxylation sites is 1. The Balaban J connectivity index is 1.38. The number of pyridine rings is 2. The zero-order chi connectivity index (χ0) is 18.6. The summed E-state index contributed by atoms with van der Waals surface area (Å²) >= 11 is 0. The predicted octanol–water partition coefficient (Wildman–Crippen LogP) is 2.62. The number of amides is 3. The number of piperazine rings is 1. The molecule has 1 N–H and O–H groups in total. The van der Waals surface area contributed by atoms with Crippen molar-refractivity contribution in [1.82, 2.24) is 19.8 Å². The fraction of sp³-hybridized carbons (Fsp3) is 0.200. The highest BCUT2D eigenvalue weighted by Crippen LogP contribution is 2.15. The van der Waals surface area contributed by atoms with Crippen molar-refractivity contribution in [3.05, 3.63) is 66.6 Å². The summed E-state index contributed by atoms with van der Waals surface area (Å²) in [5.41, 5.74) is 2.09. The van der Waals surface area contributed by atoms with Crippen molar-refractivity contribution in [1.29, 1.82) is 0 Å². The third kappa shape index (κ3) is 3.72. The number of urea groups is 1.